The molecule has 0 aromatic carbocycles. The quantitative estimate of drug-likeness (QED) is 0.747. The van der Waals surface area contributed by atoms with Gasteiger partial charge in [0.1, 0.15) is 5.69 Å². The second-order valence-corrected chi connectivity index (χ2v) is 4.84. The lowest BCUT2D eigenvalue weighted by Gasteiger charge is -2.11. The first-order chi connectivity index (χ1) is 9.22. The second kappa shape index (κ2) is 6.36. The van der Waals surface area contributed by atoms with E-state index >= 15 is 0 Å². The van der Waals surface area contributed by atoms with Crippen LogP contribution in [-0.2, 0) is 0 Å². The van der Waals surface area contributed by atoms with Crippen LogP contribution in [-0.4, -0.2) is 34.4 Å². The fraction of sp³-hybridized carbons (Fsp3) is 0.615. The van der Waals surface area contributed by atoms with Crippen molar-refractivity contribution in [1.29, 1.82) is 0 Å². The van der Waals surface area contributed by atoms with E-state index < -0.39 is 0 Å². The summed E-state index contributed by atoms with van der Waals surface area (Å²) >= 11 is 0. The van der Waals surface area contributed by atoms with Gasteiger partial charge in [-0.15, -0.1) is 0 Å². The summed E-state index contributed by atoms with van der Waals surface area (Å²) in [6, 6.07) is 0.218. The van der Waals surface area contributed by atoms with Crippen LogP contribution in [0.1, 0.15) is 60.0 Å². The van der Waals surface area contributed by atoms with Crippen LogP contribution in [0, 0.1) is 0 Å². The summed E-state index contributed by atoms with van der Waals surface area (Å²) in [4.78, 5) is 30.6. The molecule has 1 fully saturated rings. The maximum Gasteiger partial charge on any atom is 0.272 e. The molecule has 0 aliphatic heterocycles. The molecule has 0 unspecified atom stereocenters. The third kappa shape index (κ3) is 3.33. The van der Waals surface area contributed by atoms with Crippen LogP contribution in [0.4, 0.5) is 0 Å². The first kappa shape index (κ1) is 13.6. The monoisotopic (exact) mass is 264 g/mol. The zero-order valence-electron chi connectivity index (χ0n) is 11.2. The van der Waals surface area contributed by atoms with E-state index in [-0.39, 0.29) is 29.2 Å². The molecule has 0 bridgehead atoms. The highest BCUT2D eigenvalue weighted by atomic mass is 16.2. The van der Waals surface area contributed by atoms with Gasteiger partial charge in [-0.1, -0.05) is 19.8 Å². The molecule has 6 heteroatoms. The smallest absolute Gasteiger partial charge is 0.272 e. The average Bonchev–Trinajstić information content (AvgIpc) is 3.05. The molecule has 0 radical (unpaired) electrons. The highest BCUT2D eigenvalue weighted by Gasteiger charge is 2.23. The summed E-state index contributed by atoms with van der Waals surface area (Å²) in [6.45, 7) is 2.56. The topological polar surface area (TPSA) is 86.9 Å². The van der Waals surface area contributed by atoms with Crippen molar-refractivity contribution < 1.29 is 9.59 Å². The number of nitrogens with zero attached hydrogens (tertiary/aromatic N) is 1. The molecule has 0 saturated heterocycles. The van der Waals surface area contributed by atoms with E-state index in [9.17, 15) is 9.59 Å². The van der Waals surface area contributed by atoms with Gasteiger partial charge in [-0.05, 0) is 19.3 Å². The number of carbonyl (C=O) groups excluding carboxylic acids is 2. The predicted molar refractivity (Wildman–Crippen MR) is 70.9 cm³/mol. The van der Waals surface area contributed by atoms with Crippen LogP contribution in [0.25, 0.3) is 0 Å². The van der Waals surface area contributed by atoms with Gasteiger partial charge in [-0.25, -0.2) is 4.98 Å². The third-order valence-electron chi connectivity index (χ3n) is 3.31. The number of nitrogens with one attached hydrogen (secondary N) is 3. The minimum Gasteiger partial charge on any atom is -0.351 e. The van der Waals surface area contributed by atoms with Crippen molar-refractivity contribution in [3.63, 3.8) is 0 Å². The molecule has 1 aliphatic rings. The Balaban J connectivity index is 2.01. The van der Waals surface area contributed by atoms with E-state index in [1.165, 1.54) is 6.33 Å². The van der Waals surface area contributed by atoms with Gasteiger partial charge in [-0.2, -0.15) is 0 Å². The van der Waals surface area contributed by atoms with Gasteiger partial charge in [0.05, 0.1) is 6.33 Å². The van der Waals surface area contributed by atoms with Crippen LogP contribution in [0.3, 0.4) is 0 Å². The molecule has 104 valence electrons. The summed E-state index contributed by atoms with van der Waals surface area (Å²) in [6.07, 6.45) is 6.54. The largest absolute Gasteiger partial charge is 0.351 e. The fourth-order valence-electron chi connectivity index (χ4n) is 2.29. The molecule has 2 amide bonds. The lowest BCUT2D eigenvalue weighted by Crippen LogP contribution is -2.35. The number of aromatic nitrogens is 2. The summed E-state index contributed by atoms with van der Waals surface area (Å²) < 4.78 is 0. The number of amides is 2. The maximum absolute atomic E-state index is 12.1. The molecule has 0 atom stereocenters. The van der Waals surface area contributed by atoms with Gasteiger partial charge < -0.3 is 15.6 Å². The number of carbonyl (C=O) groups is 2. The molecule has 6 nitrogen and oxygen atoms in total. The number of imidazole rings is 1. The SMILES string of the molecule is CCCNC(=O)c1[nH]cnc1C(=O)NC1CCCC1. The summed E-state index contributed by atoms with van der Waals surface area (Å²) in [5, 5.41) is 5.66. The van der Waals surface area contributed by atoms with Gasteiger partial charge in [0.25, 0.3) is 11.8 Å². The molecule has 19 heavy (non-hydrogen) atoms. The molecule has 0 spiro atoms. The van der Waals surface area contributed by atoms with Crippen molar-refractivity contribution in [2.45, 2.75) is 45.1 Å². The summed E-state index contributed by atoms with van der Waals surface area (Å²) in [7, 11) is 0. The van der Waals surface area contributed by atoms with Crippen molar-refractivity contribution in [3.8, 4) is 0 Å². The third-order valence-corrected chi connectivity index (χ3v) is 3.31. The van der Waals surface area contributed by atoms with Gasteiger partial charge in [-0.3, -0.25) is 9.59 Å². The van der Waals surface area contributed by atoms with Crippen molar-refractivity contribution in [2.75, 3.05) is 6.54 Å². The van der Waals surface area contributed by atoms with E-state index in [1.807, 2.05) is 6.92 Å². The second-order valence-electron chi connectivity index (χ2n) is 4.84. The Hall–Kier alpha value is -1.85. The Kier molecular flexibility index (Phi) is 4.54. The summed E-state index contributed by atoms with van der Waals surface area (Å²) in [5.41, 5.74) is 0.421. The van der Waals surface area contributed by atoms with E-state index in [0.717, 1.165) is 32.1 Å². The lowest BCUT2D eigenvalue weighted by molar-refractivity contribution is 0.0905. The first-order valence-corrected chi connectivity index (χ1v) is 6.84. The Bertz CT molecular complexity index is 449. The van der Waals surface area contributed by atoms with Crippen LogP contribution >= 0.6 is 0 Å². The molecule has 1 aromatic rings. The van der Waals surface area contributed by atoms with Crippen LogP contribution in [0.5, 0.6) is 0 Å². The Morgan fingerprint density at radius 1 is 1.37 bits per heavy atom. The van der Waals surface area contributed by atoms with Gasteiger partial charge >= 0.3 is 0 Å². The van der Waals surface area contributed by atoms with Crippen LogP contribution in [0.2, 0.25) is 0 Å². The van der Waals surface area contributed by atoms with Crippen LogP contribution in [0.15, 0.2) is 6.33 Å². The van der Waals surface area contributed by atoms with Gasteiger partial charge in [0.15, 0.2) is 5.69 Å². The number of hydrogen-bond acceptors (Lipinski definition) is 3. The Morgan fingerprint density at radius 2 is 2.11 bits per heavy atom. The predicted octanol–water partition coefficient (Wildman–Crippen LogP) is 1.22. The number of H-pyrrole nitrogens is 1. The zero-order chi connectivity index (χ0) is 13.7. The van der Waals surface area contributed by atoms with Crippen molar-refractivity contribution in [2.24, 2.45) is 0 Å². The van der Waals surface area contributed by atoms with E-state index in [0.29, 0.717) is 6.54 Å². The molecule has 1 aromatic heterocycles. The number of rotatable bonds is 5. The van der Waals surface area contributed by atoms with E-state index in [4.69, 9.17) is 0 Å². The van der Waals surface area contributed by atoms with Crippen molar-refractivity contribution in [1.82, 2.24) is 20.6 Å². The fourth-order valence-corrected chi connectivity index (χ4v) is 2.29. The Morgan fingerprint density at radius 3 is 2.79 bits per heavy atom. The van der Waals surface area contributed by atoms with Gasteiger partial charge in [0, 0.05) is 12.6 Å². The van der Waals surface area contributed by atoms with Gasteiger partial charge in [0.2, 0.25) is 0 Å². The first-order valence-electron chi connectivity index (χ1n) is 6.84. The molecule has 2 rings (SSSR count). The van der Waals surface area contributed by atoms with Crippen LogP contribution < -0.4 is 10.6 Å². The molecular formula is C13H20N4O2. The highest BCUT2D eigenvalue weighted by molar-refractivity contribution is 6.04. The van der Waals surface area contributed by atoms with Crippen molar-refractivity contribution in [3.05, 3.63) is 17.7 Å². The maximum atomic E-state index is 12.1. The molecule has 1 heterocycles. The number of hydrogen-bond donors (Lipinski definition) is 3. The molecule has 1 aliphatic carbocycles. The minimum atomic E-state index is -0.282. The molecule has 1 saturated carbocycles. The average molecular weight is 264 g/mol. The van der Waals surface area contributed by atoms with E-state index in [1.54, 1.807) is 0 Å². The number of aromatic amines is 1. The standard InChI is InChI=1S/C13H20N4O2/c1-2-7-14-12(18)10-11(16-8-15-10)13(19)17-9-5-3-4-6-9/h8-9H,2-7H2,1H3,(H,14,18)(H,15,16)(H,17,19). The molecule has 3 N–H and O–H groups in total. The zero-order valence-corrected chi connectivity index (χ0v) is 11.2. The normalized spacial score (nSPS) is 15.4. The lowest BCUT2D eigenvalue weighted by atomic mass is 10.2. The highest BCUT2D eigenvalue weighted by Crippen LogP contribution is 2.18. The molecular weight excluding hydrogens is 244 g/mol. The van der Waals surface area contributed by atoms with Crippen molar-refractivity contribution >= 4 is 11.8 Å². The Labute approximate surface area is 112 Å². The summed E-state index contributed by atoms with van der Waals surface area (Å²) in [5.74, 6) is -0.550. The van der Waals surface area contributed by atoms with E-state index in [2.05, 4.69) is 20.6 Å². The minimum absolute atomic E-state index is 0.181.